The van der Waals surface area contributed by atoms with Crippen LogP contribution >= 0.6 is 0 Å². The number of fused-ring (bicyclic) bond motifs is 6. The lowest BCUT2D eigenvalue weighted by Crippen LogP contribution is -2.41. The Kier molecular flexibility index (Phi) is 5.45. The monoisotopic (exact) mass is 506 g/mol. The van der Waals surface area contributed by atoms with Gasteiger partial charge in [-0.2, -0.15) is 0 Å². The van der Waals surface area contributed by atoms with Crippen molar-refractivity contribution in [3.8, 4) is 22.3 Å². The minimum atomic E-state index is -0.340. The average molecular weight is 506 g/mol. The van der Waals surface area contributed by atoms with Crippen LogP contribution in [0.5, 0.6) is 0 Å². The third-order valence-electron chi connectivity index (χ3n) is 8.73. The molecule has 0 N–H and O–H groups in total. The molecule has 2 nitrogen and oxygen atoms in total. The van der Waals surface area contributed by atoms with Gasteiger partial charge in [0.2, 0.25) is 0 Å². The Hall–Kier alpha value is -3.92. The first-order valence-electron chi connectivity index (χ1n) is 13.7. The van der Waals surface area contributed by atoms with Crippen molar-refractivity contribution in [1.82, 2.24) is 0 Å². The molecule has 39 heavy (non-hydrogen) atoms. The van der Waals surface area contributed by atoms with Crippen LogP contribution in [-0.4, -0.2) is 18.3 Å². The van der Waals surface area contributed by atoms with Gasteiger partial charge >= 0.3 is 7.12 Å². The summed E-state index contributed by atoms with van der Waals surface area (Å²) >= 11 is 0. The fraction of sp³-hybridized carbons (Fsp3) is 0.167. The van der Waals surface area contributed by atoms with Crippen LogP contribution in [0, 0.1) is 0 Å². The van der Waals surface area contributed by atoms with Crippen molar-refractivity contribution in [2.24, 2.45) is 0 Å². The molecular formula is C36H31BO2. The summed E-state index contributed by atoms with van der Waals surface area (Å²) in [5.41, 5.74) is 5.18. The summed E-state index contributed by atoms with van der Waals surface area (Å²) in [6.07, 6.45) is 0. The van der Waals surface area contributed by atoms with Crippen LogP contribution in [0.25, 0.3) is 54.6 Å². The van der Waals surface area contributed by atoms with E-state index in [0.29, 0.717) is 0 Å². The van der Waals surface area contributed by atoms with Crippen molar-refractivity contribution in [3.63, 3.8) is 0 Å². The van der Waals surface area contributed by atoms with Crippen molar-refractivity contribution in [1.29, 1.82) is 0 Å². The molecular weight excluding hydrogens is 475 g/mol. The quantitative estimate of drug-likeness (QED) is 0.176. The first-order valence-corrected chi connectivity index (χ1v) is 13.7. The molecule has 0 unspecified atom stereocenters. The molecule has 0 amide bonds. The highest BCUT2D eigenvalue weighted by Gasteiger charge is 2.51. The van der Waals surface area contributed by atoms with E-state index in [1.807, 2.05) is 0 Å². The zero-order chi connectivity index (χ0) is 26.8. The summed E-state index contributed by atoms with van der Waals surface area (Å²) in [6, 6.07) is 41.7. The SMILES string of the molecule is CC1(C)OB(c2ccc(-c3ccc(-c4ccc5c6ccccc6c6ccccc6c5c4)cc3)cc2)OC1(C)C. The first kappa shape index (κ1) is 24.1. The van der Waals surface area contributed by atoms with Crippen LogP contribution in [0.1, 0.15) is 27.7 Å². The molecule has 0 saturated carbocycles. The maximum atomic E-state index is 6.22. The Bertz CT molecular complexity index is 1800. The molecule has 7 rings (SSSR count). The van der Waals surface area contributed by atoms with E-state index in [-0.39, 0.29) is 18.3 Å². The molecule has 1 fully saturated rings. The third-order valence-corrected chi connectivity index (χ3v) is 8.73. The number of rotatable bonds is 3. The predicted octanol–water partition coefficient (Wildman–Crippen LogP) is 8.78. The van der Waals surface area contributed by atoms with E-state index in [4.69, 9.17) is 9.31 Å². The van der Waals surface area contributed by atoms with Crippen LogP contribution in [0.15, 0.2) is 115 Å². The first-order chi connectivity index (χ1) is 18.8. The van der Waals surface area contributed by atoms with E-state index in [1.165, 1.54) is 54.6 Å². The van der Waals surface area contributed by atoms with Crippen LogP contribution < -0.4 is 5.46 Å². The molecule has 3 heteroatoms. The summed E-state index contributed by atoms with van der Waals surface area (Å²) in [5.74, 6) is 0. The van der Waals surface area contributed by atoms with E-state index in [9.17, 15) is 0 Å². The van der Waals surface area contributed by atoms with Gasteiger partial charge in [0, 0.05) is 0 Å². The van der Waals surface area contributed by atoms with E-state index >= 15 is 0 Å². The number of benzene rings is 6. The maximum absolute atomic E-state index is 6.22. The Morgan fingerprint density at radius 2 is 0.769 bits per heavy atom. The summed E-state index contributed by atoms with van der Waals surface area (Å²) in [4.78, 5) is 0. The molecule has 0 spiro atoms. The molecule has 0 aromatic heterocycles. The fourth-order valence-electron chi connectivity index (χ4n) is 5.75. The molecule has 1 saturated heterocycles. The lowest BCUT2D eigenvalue weighted by atomic mass is 9.78. The van der Waals surface area contributed by atoms with Crippen molar-refractivity contribution in [2.75, 3.05) is 0 Å². The van der Waals surface area contributed by atoms with E-state index < -0.39 is 0 Å². The highest BCUT2D eigenvalue weighted by Crippen LogP contribution is 2.38. The van der Waals surface area contributed by atoms with Crippen molar-refractivity contribution in [3.05, 3.63) is 115 Å². The van der Waals surface area contributed by atoms with Gasteiger partial charge in [-0.25, -0.2) is 0 Å². The zero-order valence-electron chi connectivity index (χ0n) is 22.9. The van der Waals surface area contributed by atoms with Gasteiger partial charge in [0.1, 0.15) is 0 Å². The Morgan fingerprint density at radius 3 is 1.26 bits per heavy atom. The molecule has 6 aromatic rings. The second-order valence-corrected chi connectivity index (χ2v) is 11.6. The van der Waals surface area contributed by atoms with Crippen LogP contribution in [0.4, 0.5) is 0 Å². The summed E-state index contributed by atoms with van der Waals surface area (Å²) in [5, 5.41) is 7.80. The van der Waals surface area contributed by atoms with Crippen LogP contribution in [0.2, 0.25) is 0 Å². The Morgan fingerprint density at radius 1 is 0.410 bits per heavy atom. The smallest absolute Gasteiger partial charge is 0.399 e. The van der Waals surface area contributed by atoms with Gasteiger partial charge in [-0.1, -0.05) is 109 Å². The van der Waals surface area contributed by atoms with Crippen molar-refractivity contribution < 1.29 is 9.31 Å². The van der Waals surface area contributed by atoms with Gasteiger partial charge in [0.15, 0.2) is 0 Å². The molecule has 6 aromatic carbocycles. The topological polar surface area (TPSA) is 18.5 Å². The predicted molar refractivity (Wildman–Crippen MR) is 166 cm³/mol. The van der Waals surface area contributed by atoms with Crippen LogP contribution in [-0.2, 0) is 9.31 Å². The lowest BCUT2D eigenvalue weighted by molar-refractivity contribution is 0.00578. The highest BCUT2D eigenvalue weighted by molar-refractivity contribution is 6.62. The third kappa shape index (κ3) is 3.96. The second-order valence-electron chi connectivity index (χ2n) is 11.6. The molecule has 0 aliphatic carbocycles. The largest absolute Gasteiger partial charge is 0.494 e. The minimum Gasteiger partial charge on any atom is -0.399 e. The van der Waals surface area contributed by atoms with E-state index in [2.05, 4.69) is 143 Å². The lowest BCUT2D eigenvalue weighted by Gasteiger charge is -2.32. The van der Waals surface area contributed by atoms with Crippen molar-refractivity contribution >= 4 is 44.9 Å². The van der Waals surface area contributed by atoms with Gasteiger partial charge in [0.25, 0.3) is 0 Å². The maximum Gasteiger partial charge on any atom is 0.494 e. The van der Waals surface area contributed by atoms with Crippen LogP contribution in [0.3, 0.4) is 0 Å². The molecule has 0 atom stereocenters. The zero-order valence-corrected chi connectivity index (χ0v) is 22.9. The van der Waals surface area contributed by atoms with E-state index in [0.717, 1.165) is 5.46 Å². The molecule has 1 aliphatic rings. The summed E-state index contributed by atoms with van der Waals surface area (Å²) in [6.45, 7) is 8.35. The Labute approximate surface area is 230 Å². The number of hydrogen-bond acceptors (Lipinski definition) is 2. The average Bonchev–Trinajstić information content (AvgIpc) is 3.19. The standard InChI is InChI=1S/C36H31BO2/c1-35(2)36(3,4)39-37(38-35)28-20-17-25(18-21-28)24-13-15-26(16-14-24)27-19-22-33-31-11-6-5-9-29(31)30-10-7-8-12-32(30)34(33)23-27/h5-23H,1-4H3. The summed E-state index contributed by atoms with van der Waals surface area (Å²) < 4.78 is 12.4. The molecule has 190 valence electrons. The summed E-state index contributed by atoms with van der Waals surface area (Å²) in [7, 11) is -0.340. The molecule has 0 radical (unpaired) electrons. The normalized spacial score (nSPS) is 16.4. The fourth-order valence-corrected chi connectivity index (χ4v) is 5.75. The van der Waals surface area contributed by atoms with Gasteiger partial charge in [-0.3, -0.25) is 0 Å². The minimum absolute atomic E-state index is 0.339. The Balaban J connectivity index is 1.21. The van der Waals surface area contributed by atoms with Gasteiger partial charge in [0.05, 0.1) is 11.2 Å². The van der Waals surface area contributed by atoms with Gasteiger partial charge in [-0.05, 0) is 93.8 Å². The van der Waals surface area contributed by atoms with Gasteiger partial charge in [-0.15, -0.1) is 0 Å². The van der Waals surface area contributed by atoms with Crippen molar-refractivity contribution in [2.45, 2.75) is 38.9 Å². The highest BCUT2D eigenvalue weighted by atomic mass is 16.7. The number of hydrogen-bond donors (Lipinski definition) is 0. The second kappa shape index (κ2) is 8.81. The molecule has 1 heterocycles. The van der Waals surface area contributed by atoms with Gasteiger partial charge < -0.3 is 9.31 Å². The van der Waals surface area contributed by atoms with E-state index in [1.54, 1.807) is 0 Å². The molecule has 1 aliphatic heterocycles. The molecule has 0 bridgehead atoms.